The van der Waals surface area contributed by atoms with Crippen molar-refractivity contribution in [3.63, 3.8) is 0 Å². The standard InChI is InChI=1S/C12H18N4O2/c1-11(2)9(12(11,3)4)7-15-10-13-5-8(6-14-10)16(17)18/h5-6,9H,7H2,1-4H3,(H,13,14,15). The minimum Gasteiger partial charge on any atom is -0.354 e. The number of nitrogens with one attached hydrogen (secondary N) is 1. The molecule has 0 unspecified atom stereocenters. The van der Waals surface area contributed by atoms with Gasteiger partial charge in [0.2, 0.25) is 5.95 Å². The summed E-state index contributed by atoms with van der Waals surface area (Å²) in [5, 5.41) is 13.6. The first kappa shape index (κ1) is 12.7. The highest BCUT2D eigenvalue weighted by molar-refractivity contribution is 5.31. The van der Waals surface area contributed by atoms with Gasteiger partial charge in [-0.1, -0.05) is 27.7 Å². The van der Waals surface area contributed by atoms with Crippen LogP contribution < -0.4 is 5.32 Å². The molecule has 6 heteroatoms. The molecule has 1 aromatic rings. The van der Waals surface area contributed by atoms with Crippen molar-refractivity contribution in [3.8, 4) is 0 Å². The van der Waals surface area contributed by atoms with Crippen molar-refractivity contribution in [2.45, 2.75) is 27.7 Å². The number of aromatic nitrogens is 2. The van der Waals surface area contributed by atoms with Crippen molar-refractivity contribution in [1.82, 2.24) is 9.97 Å². The number of hydrogen-bond acceptors (Lipinski definition) is 5. The minimum absolute atomic E-state index is 0.0902. The van der Waals surface area contributed by atoms with Crippen molar-refractivity contribution in [3.05, 3.63) is 22.5 Å². The highest BCUT2D eigenvalue weighted by Gasteiger charge is 2.64. The Morgan fingerprint density at radius 1 is 1.28 bits per heavy atom. The molecule has 0 bridgehead atoms. The normalized spacial score (nSPS) is 20.4. The van der Waals surface area contributed by atoms with Gasteiger partial charge in [0.1, 0.15) is 12.4 Å². The summed E-state index contributed by atoms with van der Waals surface area (Å²) in [7, 11) is 0. The van der Waals surface area contributed by atoms with Gasteiger partial charge < -0.3 is 5.32 Å². The fourth-order valence-corrected chi connectivity index (χ4v) is 2.54. The summed E-state index contributed by atoms with van der Waals surface area (Å²) < 4.78 is 0. The molecule has 98 valence electrons. The van der Waals surface area contributed by atoms with Crippen LogP contribution in [-0.4, -0.2) is 21.4 Å². The van der Waals surface area contributed by atoms with Crippen molar-refractivity contribution < 1.29 is 4.92 Å². The third kappa shape index (κ3) is 1.91. The number of rotatable bonds is 4. The van der Waals surface area contributed by atoms with Crippen molar-refractivity contribution in [2.24, 2.45) is 16.7 Å². The fraction of sp³-hybridized carbons (Fsp3) is 0.667. The molecule has 2 rings (SSSR count). The second kappa shape index (κ2) is 3.90. The average molecular weight is 250 g/mol. The van der Waals surface area contributed by atoms with Crippen LogP contribution in [0.5, 0.6) is 0 Å². The average Bonchev–Trinajstić information content (AvgIpc) is 2.67. The van der Waals surface area contributed by atoms with Gasteiger partial charge in [0.15, 0.2) is 0 Å². The number of nitro groups is 1. The molecule has 1 saturated carbocycles. The number of nitrogens with zero attached hydrogens (tertiary/aromatic N) is 3. The van der Waals surface area contributed by atoms with Gasteiger partial charge in [-0.25, -0.2) is 9.97 Å². The Hall–Kier alpha value is -1.72. The van der Waals surface area contributed by atoms with E-state index in [1.807, 2.05) is 0 Å². The van der Waals surface area contributed by atoms with Gasteiger partial charge in [-0.05, 0) is 16.7 Å². The molecule has 1 N–H and O–H groups in total. The summed E-state index contributed by atoms with van der Waals surface area (Å²) in [5.74, 6) is 1.00. The molecule has 0 spiro atoms. The molecule has 0 aromatic carbocycles. The van der Waals surface area contributed by atoms with Crippen LogP contribution in [0.25, 0.3) is 0 Å². The predicted molar refractivity (Wildman–Crippen MR) is 68.2 cm³/mol. The lowest BCUT2D eigenvalue weighted by atomic mass is 10.0. The Bertz CT molecular complexity index is 453. The van der Waals surface area contributed by atoms with Crippen LogP contribution in [-0.2, 0) is 0 Å². The zero-order chi connectivity index (χ0) is 13.6. The SMILES string of the molecule is CC1(C)C(CNc2ncc([N+](=O)[O-])cn2)C1(C)C. The topological polar surface area (TPSA) is 81.0 Å². The highest BCUT2D eigenvalue weighted by atomic mass is 16.6. The van der Waals surface area contributed by atoms with Crippen LogP contribution in [0.4, 0.5) is 11.6 Å². The van der Waals surface area contributed by atoms with E-state index in [-0.39, 0.29) is 5.69 Å². The number of hydrogen-bond donors (Lipinski definition) is 1. The maximum Gasteiger partial charge on any atom is 0.305 e. The third-order valence-corrected chi connectivity index (χ3v) is 4.63. The van der Waals surface area contributed by atoms with E-state index in [2.05, 4.69) is 43.0 Å². The van der Waals surface area contributed by atoms with E-state index in [1.165, 1.54) is 12.4 Å². The largest absolute Gasteiger partial charge is 0.354 e. The zero-order valence-corrected chi connectivity index (χ0v) is 11.1. The van der Waals surface area contributed by atoms with E-state index in [4.69, 9.17) is 0 Å². The molecule has 0 radical (unpaired) electrons. The Kier molecular flexibility index (Phi) is 2.76. The Morgan fingerprint density at radius 2 is 1.78 bits per heavy atom. The fourth-order valence-electron chi connectivity index (χ4n) is 2.54. The van der Waals surface area contributed by atoms with Gasteiger partial charge in [-0.15, -0.1) is 0 Å². The Morgan fingerprint density at radius 3 is 2.17 bits per heavy atom. The lowest BCUT2D eigenvalue weighted by molar-refractivity contribution is -0.385. The van der Waals surface area contributed by atoms with Gasteiger partial charge in [0.25, 0.3) is 0 Å². The summed E-state index contributed by atoms with van der Waals surface area (Å²) in [6.07, 6.45) is 2.44. The van der Waals surface area contributed by atoms with E-state index in [0.717, 1.165) is 6.54 Å². The van der Waals surface area contributed by atoms with Gasteiger partial charge in [-0.3, -0.25) is 10.1 Å². The first-order valence-electron chi connectivity index (χ1n) is 5.97. The lowest BCUT2D eigenvalue weighted by Crippen LogP contribution is -2.10. The van der Waals surface area contributed by atoms with Crippen molar-refractivity contribution in [2.75, 3.05) is 11.9 Å². The smallest absolute Gasteiger partial charge is 0.305 e. The molecule has 6 nitrogen and oxygen atoms in total. The summed E-state index contributed by atoms with van der Waals surface area (Å²) in [6.45, 7) is 9.77. The Balaban J connectivity index is 1.94. The van der Waals surface area contributed by atoms with Gasteiger partial charge in [0, 0.05) is 6.54 Å². The molecule has 1 fully saturated rings. The second-order valence-corrected chi connectivity index (χ2v) is 5.90. The Labute approximate surface area is 106 Å². The molecule has 1 heterocycles. The van der Waals surface area contributed by atoms with Gasteiger partial charge in [-0.2, -0.15) is 0 Å². The van der Waals surface area contributed by atoms with Crippen LogP contribution >= 0.6 is 0 Å². The van der Waals surface area contributed by atoms with E-state index in [1.54, 1.807) is 0 Å². The van der Waals surface area contributed by atoms with E-state index in [0.29, 0.717) is 22.7 Å². The van der Waals surface area contributed by atoms with Crippen LogP contribution in [0.1, 0.15) is 27.7 Å². The molecule has 1 aliphatic carbocycles. The van der Waals surface area contributed by atoms with Gasteiger partial charge >= 0.3 is 5.69 Å². The maximum atomic E-state index is 10.5. The summed E-state index contributed by atoms with van der Waals surface area (Å²) in [4.78, 5) is 17.8. The quantitative estimate of drug-likeness (QED) is 0.655. The van der Waals surface area contributed by atoms with E-state index >= 15 is 0 Å². The predicted octanol–water partition coefficient (Wildman–Crippen LogP) is 2.48. The molecule has 0 amide bonds. The van der Waals surface area contributed by atoms with E-state index in [9.17, 15) is 10.1 Å². The molecule has 0 saturated heterocycles. The van der Waals surface area contributed by atoms with Crippen molar-refractivity contribution in [1.29, 1.82) is 0 Å². The van der Waals surface area contributed by atoms with Crippen LogP contribution in [0, 0.1) is 26.9 Å². The summed E-state index contributed by atoms with van der Waals surface area (Å²) >= 11 is 0. The molecular formula is C12H18N4O2. The lowest BCUT2D eigenvalue weighted by Gasteiger charge is -2.05. The third-order valence-electron chi connectivity index (χ3n) is 4.63. The maximum absolute atomic E-state index is 10.5. The molecule has 0 atom stereocenters. The summed E-state index contributed by atoms with van der Waals surface area (Å²) in [5.41, 5.74) is 0.522. The van der Waals surface area contributed by atoms with Crippen LogP contribution in [0.15, 0.2) is 12.4 Å². The molecular weight excluding hydrogens is 232 g/mol. The minimum atomic E-state index is -0.503. The first-order valence-corrected chi connectivity index (χ1v) is 5.97. The monoisotopic (exact) mass is 250 g/mol. The molecule has 1 aromatic heterocycles. The molecule has 0 aliphatic heterocycles. The highest BCUT2D eigenvalue weighted by Crippen LogP contribution is 2.68. The van der Waals surface area contributed by atoms with Crippen LogP contribution in [0.2, 0.25) is 0 Å². The first-order chi connectivity index (χ1) is 8.26. The van der Waals surface area contributed by atoms with Crippen molar-refractivity contribution >= 4 is 11.6 Å². The van der Waals surface area contributed by atoms with E-state index < -0.39 is 4.92 Å². The number of anilines is 1. The van der Waals surface area contributed by atoms with Gasteiger partial charge in [0.05, 0.1) is 4.92 Å². The zero-order valence-electron chi connectivity index (χ0n) is 11.1. The molecule has 1 aliphatic rings. The van der Waals surface area contributed by atoms with Crippen LogP contribution in [0.3, 0.4) is 0 Å². The second-order valence-electron chi connectivity index (χ2n) is 5.90. The molecule has 18 heavy (non-hydrogen) atoms. The summed E-state index contributed by atoms with van der Waals surface area (Å²) in [6, 6.07) is 0.